The molecule has 0 radical (unpaired) electrons. The molecule has 1 N–H and O–H groups in total. The van der Waals surface area contributed by atoms with Crippen LogP contribution in [0.4, 0.5) is 4.79 Å². The molecule has 4 saturated carbocycles. The molecule has 0 aliphatic heterocycles. The molecule has 13 nitrogen and oxygen atoms in total. The minimum absolute atomic E-state index is 0.0561. The van der Waals surface area contributed by atoms with Crippen LogP contribution in [-0.4, -0.2) is 91.8 Å². The van der Waals surface area contributed by atoms with E-state index < -0.39 is 47.8 Å². The Morgan fingerprint density at radius 1 is 0.821 bits per heavy atom. The van der Waals surface area contributed by atoms with Gasteiger partial charge in [-0.2, -0.15) is 0 Å². The number of Topliss-reactive ketones (excluding diaryl/α,β-unsaturated/α-hetero) is 1. The highest BCUT2D eigenvalue weighted by Gasteiger charge is 2.62. The third-order valence-corrected chi connectivity index (χ3v) is 13.7. The molecule has 1 aromatic rings. The molecule has 4 aliphatic carbocycles. The molecule has 8 atom stereocenters. The van der Waals surface area contributed by atoms with E-state index in [2.05, 4.69) is 19.2 Å². The number of nitrogens with zero attached hydrogens (tertiary/aromatic N) is 1. The van der Waals surface area contributed by atoms with Crippen LogP contribution in [0, 0.1) is 40.4 Å². The van der Waals surface area contributed by atoms with Crippen molar-refractivity contribution in [1.29, 1.82) is 0 Å². The van der Waals surface area contributed by atoms with E-state index in [4.69, 9.17) is 23.7 Å². The maximum absolute atomic E-state index is 13.0. The van der Waals surface area contributed by atoms with Crippen LogP contribution in [0.25, 0.3) is 0 Å². The van der Waals surface area contributed by atoms with Gasteiger partial charge in [0.05, 0.1) is 6.54 Å². The Balaban J connectivity index is 0.982. The van der Waals surface area contributed by atoms with E-state index in [9.17, 15) is 28.8 Å². The number of hydrogen-bond acceptors (Lipinski definition) is 12. The number of ketones is 1. The number of fused-ring (bicyclic) bond motifs is 5. The summed E-state index contributed by atoms with van der Waals surface area (Å²) in [6, 6.07) is 9.11. The molecule has 0 unspecified atom stereocenters. The van der Waals surface area contributed by atoms with Gasteiger partial charge in [0.15, 0.2) is 6.61 Å². The SMILES string of the molecule is CC(=O)[C@H]1CC[C@H]2[C@@H]3CC[C@H]4C[C@](C)(OC(=O)COC(=O)C(C)(C)OC(=O)CN(C)CCOC(=O)CNC(=O)OCc5ccccc5)CC[C@]4(C)[C@H]3CC[C@]12C. The number of likely N-dealkylation sites (N-methyl/N-ethyl adjacent to an activating group) is 1. The normalized spacial score (nSPS) is 30.8. The Morgan fingerprint density at radius 2 is 1.54 bits per heavy atom. The number of amides is 1. The summed E-state index contributed by atoms with van der Waals surface area (Å²) >= 11 is 0. The van der Waals surface area contributed by atoms with Crippen LogP contribution in [-0.2, 0) is 54.3 Å². The fraction of sp³-hybridized carbons (Fsp3) is 0.721. The van der Waals surface area contributed by atoms with E-state index >= 15 is 0 Å². The number of esters is 4. The Hall–Kier alpha value is -4.00. The summed E-state index contributed by atoms with van der Waals surface area (Å²) in [5.41, 5.74) is -1.23. The van der Waals surface area contributed by atoms with Crippen molar-refractivity contribution in [3.63, 3.8) is 0 Å². The second-order valence-corrected chi connectivity index (χ2v) is 18.0. The van der Waals surface area contributed by atoms with Gasteiger partial charge in [0.25, 0.3) is 0 Å². The molecule has 0 aromatic heterocycles. The van der Waals surface area contributed by atoms with Crippen LogP contribution in [0.15, 0.2) is 30.3 Å². The summed E-state index contributed by atoms with van der Waals surface area (Å²) < 4.78 is 26.8. The lowest BCUT2D eigenvalue weighted by atomic mass is 9.44. The van der Waals surface area contributed by atoms with Crippen molar-refractivity contribution < 1.29 is 52.5 Å². The van der Waals surface area contributed by atoms with Crippen molar-refractivity contribution in [1.82, 2.24) is 10.2 Å². The zero-order valence-electron chi connectivity index (χ0n) is 34.3. The summed E-state index contributed by atoms with van der Waals surface area (Å²) in [6.45, 7) is 10.4. The molecule has 1 aromatic carbocycles. The molecule has 0 spiro atoms. The highest BCUT2D eigenvalue weighted by Crippen LogP contribution is 2.68. The number of nitrogens with one attached hydrogen (secondary N) is 1. The molecule has 13 heteroatoms. The van der Waals surface area contributed by atoms with E-state index in [1.54, 1.807) is 18.9 Å². The topological polar surface area (TPSA) is 164 Å². The van der Waals surface area contributed by atoms with Crippen molar-refractivity contribution in [3.8, 4) is 0 Å². The zero-order valence-corrected chi connectivity index (χ0v) is 34.3. The first kappa shape index (κ1) is 43.1. The van der Waals surface area contributed by atoms with E-state index in [0.29, 0.717) is 29.5 Å². The number of benzene rings is 1. The van der Waals surface area contributed by atoms with E-state index in [1.807, 2.05) is 37.3 Å². The van der Waals surface area contributed by atoms with Crippen molar-refractivity contribution in [3.05, 3.63) is 35.9 Å². The minimum atomic E-state index is -1.67. The number of carbonyl (C=O) groups excluding carboxylic acids is 6. The molecule has 56 heavy (non-hydrogen) atoms. The summed E-state index contributed by atoms with van der Waals surface area (Å²) in [5, 5.41) is 2.32. The number of rotatable bonds is 15. The second kappa shape index (κ2) is 17.6. The Kier molecular flexibility index (Phi) is 13.6. The standard InChI is InChI=1S/C43H62N2O11/c1-28(46)32-15-16-33-31-14-13-30-23-41(4,19-20-42(30,5)34(31)17-18-43(32,33)6)56-37(49)27-53-38(50)40(2,3)55-36(48)25-45(7)21-22-52-35(47)24-44-39(51)54-26-29-11-9-8-10-12-29/h8-12,30-34H,13-27H2,1-7H3,(H,44,51)/t30-,31-,32+,33-,34-,41+,42-,43+/m0/s1. The van der Waals surface area contributed by atoms with Gasteiger partial charge in [0, 0.05) is 12.5 Å². The van der Waals surface area contributed by atoms with Crippen LogP contribution in [0.1, 0.15) is 105 Å². The van der Waals surface area contributed by atoms with Crippen LogP contribution in [0.2, 0.25) is 0 Å². The van der Waals surface area contributed by atoms with Gasteiger partial charge >= 0.3 is 30.0 Å². The van der Waals surface area contributed by atoms with Crippen molar-refractivity contribution >= 4 is 35.8 Å². The average Bonchev–Trinajstić information content (AvgIpc) is 3.50. The summed E-state index contributed by atoms with van der Waals surface area (Å²) in [7, 11) is 1.61. The molecular formula is C43H62N2O11. The molecule has 310 valence electrons. The van der Waals surface area contributed by atoms with E-state index in [-0.39, 0.29) is 49.6 Å². The predicted octanol–water partition coefficient (Wildman–Crippen LogP) is 5.80. The Bertz CT molecular complexity index is 1620. The first-order valence-electron chi connectivity index (χ1n) is 20.3. The van der Waals surface area contributed by atoms with E-state index in [1.165, 1.54) is 13.8 Å². The first-order valence-corrected chi connectivity index (χ1v) is 20.3. The van der Waals surface area contributed by atoms with Crippen LogP contribution >= 0.6 is 0 Å². The summed E-state index contributed by atoms with van der Waals surface area (Å²) in [5.74, 6) is -0.0671. The van der Waals surface area contributed by atoms with Gasteiger partial charge in [-0.1, -0.05) is 44.2 Å². The van der Waals surface area contributed by atoms with Crippen LogP contribution < -0.4 is 5.32 Å². The number of hydrogen-bond donors (Lipinski definition) is 1. The van der Waals surface area contributed by atoms with E-state index in [0.717, 1.165) is 63.4 Å². The number of alkyl carbamates (subject to hydrolysis) is 1. The van der Waals surface area contributed by atoms with Crippen LogP contribution in [0.3, 0.4) is 0 Å². The summed E-state index contributed by atoms with van der Waals surface area (Å²) in [4.78, 5) is 76.5. The van der Waals surface area contributed by atoms with Gasteiger partial charge in [0.1, 0.15) is 31.1 Å². The van der Waals surface area contributed by atoms with Gasteiger partial charge in [-0.25, -0.2) is 14.4 Å². The second-order valence-electron chi connectivity index (χ2n) is 18.0. The highest BCUT2D eigenvalue weighted by atomic mass is 16.6. The van der Waals surface area contributed by atoms with Crippen LogP contribution in [0.5, 0.6) is 0 Å². The molecule has 4 aliphatic rings. The maximum Gasteiger partial charge on any atom is 0.407 e. The van der Waals surface area contributed by atoms with Crippen molar-refractivity contribution in [2.75, 3.05) is 39.9 Å². The average molecular weight is 783 g/mol. The van der Waals surface area contributed by atoms with Crippen molar-refractivity contribution in [2.24, 2.45) is 40.4 Å². The van der Waals surface area contributed by atoms with Gasteiger partial charge in [-0.3, -0.25) is 19.3 Å². The predicted molar refractivity (Wildman–Crippen MR) is 205 cm³/mol. The largest absolute Gasteiger partial charge is 0.463 e. The Morgan fingerprint density at radius 3 is 2.25 bits per heavy atom. The monoisotopic (exact) mass is 782 g/mol. The zero-order chi connectivity index (χ0) is 40.9. The molecule has 4 fully saturated rings. The molecule has 1 amide bonds. The maximum atomic E-state index is 13.0. The first-order chi connectivity index (χ1) is 26.3. The van der Waals surface area contributed by atoms with Gasteiger partial charge in [-0.15, -0.1) is 0 Å². The smallest absolute Gasteiger partial charge is 0.407 e. The molecule has 0 heterocycles. The molecule has 0 saturated heterocycles. The third kappa shape index (κ3) is 10.1. The fourth-order valence-corrected chi connectivity index (χ4v) is 10.7. The summed E-state index contributed by atoms with van der Waals surface area (Å²) in [6.07, 6.45) is 8.39. The lowest BCUT2D eigenvalue weighted by Gasteiger charge is -2.62. The van der Waals surface area contributed by atoms with Gasteiger partial charge < -0.3 is 29.0 Å². The fourth-order valence-electron chi connectivity index (χ4n) is 10.7. The van der Waals surface area contributed by atoms with Gasteiger partial charge in [-0.05, 0) is 133 Å². The minimum Gasteiger partial charge on any atom is -0.463 e. The number of carbonyl (C=O) groups is 6. The Labute approximate surface area is 331 Å². The molecular weight excluding hydrogens is 720 g/mol. The van der Waals surface area contributed by atoms with Gasteiger partial charge in [0.2, 0.25) is 5.60 Å². The van der Waals surface area contributed by atoms with Crippen molar-refractivity contribution in [2.45, 2.75) is 117 Å². The highest BCUT2D eigenvalue weighted by molar-refractivity contribution is 5.85. The molecule has 0 bridgehead atoms. The molecule has 5 rings (SSSR count). The lowest BCUT2D eigenvalue weighted by molar-refractivity contribution is -0.191. The third-order valence-electron chi connectivity index (χ3n) is 13.7. The number of ether oxygens (including phenoxy) is 5. The lowest BCUT2D eigenvalue weighted by Crippen LogP contribution is -2.56. The quantitative estimate of drug-likeness (QED) is 0.168.